The van der Waals surface area contributed by atoms with E-state index in [1.807, 2.05) is 0 Å². The quantitative estimate of drug-likeness (QED) is 0.503. The Hall–Kier alpha value is -0.0900. The van der Waals surface area contributed by atoms with Crippen LogP contribution in [0.1, 0.15) is 26.2 Å². The number of hydrogen-bond acceptors (Lipinski definition) is 4. The molecule has 12 heavy (non-hydrogen) atoms. The number of nitroso groups, excluding NO2 is 1. The molecular formula is C8H16N2OS. The van der Waals surface area contributed by atoms with Crippen molar-refractivity contribution in [3.05, 3.63) is 4.91 Å². The van der Waals surface area contributed by atoms with E-state index in [1.54, 1.807) is 0 Å². The molecule has 0 saturated carbocycles. The third-order valence-corrected chi connectivity index (χ3v) is 3.93. The highest BCUT2D eigenvalue weighted by atomic mass is 32.2. The van der Waals surface area contributed by atoms with Crippen LogP contribution >= 0.6 is 11.9 Å². The Bertz CT molecular complexity index is 155. The summed E-state index contributed by atoms with van der Waals surface area (Å²) < 4.78 is 3.12. The average Bonchev–Trinajstić information content (AvgIpc) is 2.10. The molecule has 0 unspecified atom stereocenters. The van der Waals surface area contributed by atoms with E-state index in [9.17, 15) is 4.91 Å². The minimum absolute atomic E-state index is 0.147. The first-order chi connectivity index (χ1) is 5.72. The van der Waals surface area contributed by atoms with Crippen LogP contribution in [0.15, 0.2) is 4.58 Å². The van der Waals surface area contributed by atoms with Crippen LogP contribution in [-0.2, 0) is 0 Å². The predicted molar refractivity (Wildman–Crippen MR) is 53.1 cm³/mol. The number of piperidine rings is 1. The fraction of sp³-hybridized carbons (Fsp3) is 1.00. The van der Waals surface area contributed by atoms with Gasteiger partial charge in [-0.05, 0) is 39.4 Å². The Morgan fingerprint density at radius 2 is 2.08 bits per heavy atom. The zero-order chi connectivity index (χ0) is 9.03. The summed E-state index contributed by atoms with van der Waals surface area (Å²) in [7, 11) is 2.12. The molecule has 0 N–H and O–H groups in total. The molecule has 0 amide bonds. The zero-order valence-electron chi connectivity index (χ0n) is 7.75. The maximum Gasteiger partial charge on any atom is 0.0434 e. The van der Waals surface area contributed by atoms with Crippen LogP contribution < -0.4 is 0 Å². The Morgan fingerprint density at radius 1 is 1.50 bits per heavy atom. The molecule has 1 fully saturated rings. The number of hydrogen-bond donors (Lipinski definition) is 0. The molecular weight excluding hydrogens is 172 g/mol. The SMILES string of the molecule is CCC1(SN=O)CCN(C)CC1. The van der Waals surface area contributed by atoms with Gasteiger partial charge in [0.05, 0.1) is 0 Å². The molecule has 1 heterocycles. The molecule has 0 atom stereocenters. The van der Waals surface area contributed by atoms with Crippen LogP contribution in [0.25, 0.3) is 0 Å². The topological polar surface area (TPSA) is 32.7 Å². The van der Waals surface area contributed by atoms with Gasteiger partial charge in [0.25, 0.3) is 0 Å². The summed E-state index contributed by atoms with van der Waals surface area (Å²) in [5.41, 5.74) is 0. The lowest BCUT2D eigenvalue weighted by atomic mass is 9.93. The van der Waals surface area contributed by atoms with Gasteiger partial charge in [0.1, 0.15) is 0 Å². The summed E-state index contributed by atoms with van der Waals surface area (Å²) in [4.78, 5) is 12.5. The van der Waals surface area contributed by atoms with Crippen molar-refractivity contribution in [3.8, 4) is 0 Å². The fourth-order valence-corrected chi connectivity index (χ4v) is 2.27. The summed E-state index contributed by atoms with van der Waals surface area (Å²) in [6.45, 7) is 4.33. The lowest BCUT2D eigenvalue weighted by molar-refractivity contribution is 0.236. The fourth-order valence-electron chi connectivity index (χ4n) is 1.61. The number of nitrogens with zero attached hydrogens (tertiary/aromatic N) is 2. The summed E-state index contributed by atoms with van der Waals surface area (Å²) >= 11 is 1.24. The van der Waals surface area contributed by atoms with Crippen molar-refractivity contribution >= 4 is 11.9 Å². The van der Waals surface area contributed by atoms with Gasteiger partial charge in [0.15, 0.2) is 0 Å². The number of likely N-dealkylation sites (tertiary alicyclic amines) is 1. The molecule has 0 aromatic rings. The highest BCUT2D eigenvalue weighted by Crippen LogP contribution is 2.39. The highest BCUT2D eigenvalue weighted by Gasteiger charge is 2.33. The van der Waals surface area contributed by atoms with Gasteiger partial charge >= 0.3 is 0 Å². The molecule has 1 saturated heterocycles. The van der Waals surface area contributed by atoms with Crippen LogP contribution in [0.3, 0.4) is 0 Å². The second-order valence-electron chi connectivity index (χ2n) is 3.51. The Labute approximate surface area is 78.0 Å². The Kier molecular flexibility index (Phi) is 3.53. The van der Waals surface area contributed by atoms with Crippen molar-refractivity contribution in [1.29, 1.82) is 0 Å². The summed E-state index contributed by atoms with van der Waals surface area (Å²) in [6, 6.07) is 0. The van der Waals surface area contributed by atoms with Crippen LogP contribution in [-0.4, -0.2) is 29.8 Å². The van der Waals surface area contributed by atoms with Crippen molar-refractivity contribution in [2.75, 3.05) is 20.1 Å². The molecule has 1 rings (SSSR count). The normalized spacial score (nSPS) is 23.8. The molecule has 0 aromatic heterocycles. The van der Waals surface area contributed by atoms with E-state index in [2.05, 4.69) is 23.5 Å². The van der Waals surface area contributed by atoms with Gasteiger partial charge < -0.3 is 4.90 Å². The number of rotatable bonds is 3. The zero-order valence-corrected chi connectivity index (χ0v) is 8.56. The van der Waals surface area contributed by atoms with Crippen molar-refractivity contribution in [2.24, 2.45) is 4.58 Å². The van der Waals surface area contributed by atoms with Crippen LogP contribution in [0, 0.1) is 4.91 Å². The molecule has 4 heteroatoms. The first kappa shape index (κ1) is 9.99. The van der Waals surface area contributed by atoms with E-state index in [1.165, 1.54) is 11.9 Å². The van der Waals surface area contributed by atoms with E-state index in [0.717, 1.165) is 32.4 Å². The van der Waals surface area contributed by atoms with Crippen molar-refractivity contribution in [1.82, 2.24) is 4.90 Å². The van der Waals surface area contributed by atoms with E-state index >= 15 is 0 Å². The van der Waals surface area contributed by atoms with Crippen LogP contribution in [0.4, 0.5) is 0 Å². The molecule has 3 nitrogen and oxygen atoms in total. The molecule has 0 bridgehead atoms. The summed E-state index contributed by atoms with van der Waals surface area (Å²) in [5.74, 6) is 0. The second kappa shape index (κ2) is 4.23. The van der Waals surface area contributed by atoms with Gasteiger partial charge in [-0.2, -0.15) is 0 Å². The minimum atomic E-state index is 0.147. The molecule has 0 aromatic carbocycles. The van der Waals surface area contributed by atoms with Crippen molar-refractivity contribution in [2.45, 2.75) is 30.9 Å². The van der Waals surface area contributed by atoms with Crippen molar-refractivity contribution < 1.29 is 0 Å². The maximum absolute atomic E-state index is 10.2. The van der Waals surface area contributed by atoms with E-state index in [0.29, 0.717) is 0 Å². The lowest BCUT2D eigenvalue weighted by Crippen LogP contribution is -2.39. The maximum atomic E-state index is 10.2. The van der Waals surface area contributed by atoms with Gasteiger partial charge in [-0.1, -0.05) is 6.92 Å². The largest absolute Gasteiger partial charge is 0.306 e. The van der Waals surface area contributed by atoms with E-state index in [4.69, 9.17) is 0 Å². The Morgan fingerprint density at radius 3 is 2.50 bits per heavy atom. The second-order valence-corrected chi connectivity index (χ2v) is 4.70. The molecule has 0 aliphatic carbocycles. The average molecular weight is 188 g/mol. The molecule has 0 spiro atoms. The Balaban J connectivity index is 2.50. The first-order valence-corrected chi connectivity index (χ1v) is 5.19. The van der Waals surface area contributed by atoms with Crippen LogP contribution in [0.2, 0.25) is 0 Å². The first-order valence-electron chi connectivity index (χ1n) is 4.42. The van der Waals surface area contributed by atoms with E-state index < -0.39 is 0 Å². The standard InChI is InChI=1S/C8H16N2OS/c1-3-8(12-9-11)4-6-10(2)7-5-8/h3-7H2,1-2H3. The molecule has 1 aliphatic heterocycles. The summed E-state index contributed by atoms with van der Waals surface area (Å²) in [6.07, 6.45) is 3.24. The molecule has 0 radical (unpaired) electrons. The smallest absolute Gasteiger partial charge is 0.0434 e. The van der Waals surface area contributed by atoms with E-state index in [-0.39, 0.29) is 4.75 Å². The lowest BCUT2D eigenvalue weighted by Gasteiger charge is -2.37. The van der Waals surface area contributed by atoms with Crippen LogP contribution in [0.5, 0.6) is 0 Å². The monoisotopic (exact) mass is 188 g/mol. The minimum Gasteiger partial charge on any atom is -0.306 e. The third kappa shape index (κ3) is 2.20. The third-order valence-electron chi connectivity index (χ3n) is 2.77. The summed E-state index contributed by atoms with van der Waals surface area (Å²) in [5, 5.41) is 0. The van der Waals surface area contributed by atoms with Gasteiger partial charge in [-0.25, -0.2) is 0 Å². The molecule has 1 aliphatic rings. The van der Waals surface area contributed by atoms with Gasteiger partial charge in [-0.15, -0.1) is 4.91 Å². The highest BCUT2D eigenvalue weighted by molar-refractivity contribution is 7.99. The van der Waals surface area contributed by atoms with Crippen molar-refractivity contribution in [3.63, 3.8) is 0 Å². The molecule has 70 valence electrons. The predicted octanol–water partition coefficient (Wildman–Crippen LogP) is 2.28. The van der Waals surface area contributed by atoms with Gasteiger partial charge in [0.2, 0.25) is 0 Å². The van der Waals surface area contributed by atoms with Gasteiger partial charge in [0, 0.05) is 21.3 Å². The van der Waals surface area contributed by atoms with Gasteiger partial charge in [-0.3, -0.25) is 0 Å².